The van der Waals surface area contributed by atoms with E-state index in [2.05, 4.69) is 221 Å². The highest BCUT2D eigenvalue weighted by atomic mass is 19.1. The van der Waals surface area contributed by atoms with Gasteiger partial charge in [-0.05, 0) is 142 Å². The molecule has 3 heterocycles. The molecule has 0 radical (unpaired) electrons. The third-order valence-corrected chi connectivity index (χ3v) is 14.2. The van der Waals surface area contributed by atoms with Crippen LogP contribution in [0.4, 0.5) is 4.39 Å². The van der Waals surface area contributed by atoms with Gasteiger partial charge in [0.25, 0.3) is 0 Å². The fourth-order valence-electron chi connectivity index (χ4n) is 10.8. The summed E-state index contributed by atoms with van der Waals surface area (Å²) in [5.41, 5.74) is 17.1. The molecule has 11 aromatic carbocycles. The van der Waals surface area contributed by atoms with Crippen molar-refractivity contribution in [1.29, 1.82) is 0 Å². The van der Waals surface area contributed by atoms with E-state index < -0.39 is 0 Å². The third-order valence-electron chi connectivity index (χ3n) is 14.2. The monoisotopic (exact) mass is 908 g/mol. The molecule has 0 spiro atoms. The summed E-state index contributed by atoms with van der Waals surface area (Å²) < 4.78 is 19.0. The van der Waals surface area contributed by atoms with Crippen molar-refractivity contribution in [3.8, 4) is 67.4 Å². The second kappa shape index (κ2) is 16.4. The molecule has 0 fully saturated rings. The van der Waals surface area contributed by atoms with Gasteiger partial charge in [-0.2, -0.15) is 0 Å². The standard InChI is InChI=1S/C66H41FN4/c67-51-30-23-45(24-31-51)66-68-64(55-32-25-44-17-10-11-22-54(44)65(55)69-66)50-18-12-21-53(37-50)71-62-34-27-47(43-15-6-2-7-16-43)39-57(62)59-41-49(29-36-63(59)71)48-28-35-61-58(40-48)56-38-46(42-13-4-1-5-14-42)26-33-60(56)70(61)52-19-8-3-9-20-52/h1-41H. The molecule has 0 bridgehead atoms. The van der Waals surface area contributed by atoms with Crippen molar-refractivity contribution < 1.29 is 4.39 Å². The Balaban J connectivity index is 0.964. The van der Waals surface area contributed by atoms with Crippen molar-refractivity contribution in [2.45, 2.75) is 0 Å². The first kappa shape index (κ1) is 40.6. The average Bonchev–Trinajstić information content (AvgIpc) is 3.95. The summed E-state index contributed by atoms with van der Waals surface area (Å²) in [6, 6.07) is 87.1. The molecule has 5 heteroatoms. The fourth-order valence-corrected chi connectivity index (χ4v) is 10.8. The number of fused-ring (bicyclic) bond motifs is 9. The van der Waals surface area contributed by atoms with Gasteiger partial charge in [-0.15, -0.1) is 0 Å². The van der Waals surface area contributed by atoms with E-state index in [1.165, 1.54) is 56.0 Å². The summed E-state index contributed by atoms with van der Waals surface area (Å²) >= 11 is 0. The normalized spacial score (nSPS) is 11.7. The zero-order valence-electron chi connectivity index (χ0n) is 38.3. The van der Waals surface area contributed by atoms with Crippen LogP contribution < -0.4 is 0 Å². The molecule has 3 aromatic heterocycles. The van der Waals surface area contributed by atoms with Crippen LogP contribution in [0.25, 0.3) is 133 Å². The van der Waals surface area contributed by atoms with Gasteiger partial charge in [0.2, 0.25) is 0 Å². The molecule has 0 saturated heterocycles. The Morgan fingerprint density at radius 3 is 1.30 bits per heavy atom. The quantitative estimate of drug-likeness (QED) is 0.149. The molecular weight excluding hydrogens is 868 g/mol. The Morgan fingerprint density at radius 1 is 0.282 bits per heavy atom. The Morgan fingerprint density at radius 2 is 0.732 bits per heavy atom. The van der Waals surface area contributed by atoms with Gasteiger partial charge in [0.15, 0.2) is 5.82 Å². The SMILES string of the molecule is Fc1ccc(-c2nc(-c3cccc(-n4c5ccc(-c6ccccc6)cc5c5cc(-c6ccc7c(c6)c6cc(-c8ccccc8)ccc6n7-c6ccccc6)ccc54)c3)c3ccc4ccccc4c3n2)cc1. The van der Waals surface area contributed by atoms with E-state index in [0.717, 1.165) is 83.0 Å². The average molecular weight is 909 g/mol. The molecule has 0 atom stereocenters. The van der Waals surface area contributed by atoms with Gasteiger partial charge in [0.05, 0.1) is 33.3 Å². The van der Waals surface area contributed by atoms with Crippen molar-refractivity contribution in [3.63, 3.8) is 0 Å². The lowest BCUT2D eigenvalue weighted by Gasteiger charge is -2.14. The molecule has 71 heavy (non-hydrogen) atoms. The molecule has 0 saturated carbocycles. The zero-order valence-corrected chi connectivity index (χ0v) is 38.3. The minimum atomic E-state index is -0.298. The first-order chi connectivity index (χ1) is 35.1. The molecule has 14 rings (SSSR count). The first-order valence-corrected chi connectivity index (χ1v) is 24.0. The van der Waals surface area contributed by atoms with E-state index in [0.29, 0.717) is 5.82 Å². The summed E-state index contributed by atoms with van der Waals surface area (Å²) in [6.07, 6.45) is 0. The van der Waals surface area contributed by atoms with Gasteiger partial charge in [-0.25, -0.2) is 14.4 Å². The highest BCUT2D eigenvalue weighted by molar-refractivity contribution is 6.14. The van der Waals surface area contributed by atoms with Crippen LogP contribution in [0.5, 0.6) is 0 Å². The van der Waals surface area contributed by atoms with Gasteiger partial charge < -0.3 is 9.13 Å². The lowest BCUT2D eigenvalue weighted by atomic mass is 9.98. The van der Waals surface area contributed by atoms with Crippen LogP contribution in [0.1, 0.15) is 0 Å². The smallest absolute Gasteiger partial charge is 0.160 e. The second-order valence-electron chi connectivity index (χ2n) is 18.3. The largest absolute Gasteiger partial charge is 0.309 e. The molecule has 0 aliphatic rings. The number of nitrogens with zero attached hydrogens (tertiary/aromatic N) is 4. The number of aromatic nitrogens is 4. The molecule has 0 amide bonds. The molecular formula is C66H41FN4. The van der Waals surface area contributed by atoms with Gasteiger partial charge in [0, 0.05) is 54.8 Å². The predicted molar refractivity (Wildman–Crippen MR) is 293 cm³/mol. The topological polar surface area (TPSA) is 35.6 Å². The summed E-state index contributed by atoms with van der Waals surface area (Å²) in [5, 5.41) is 7.84. The van der Waals surface area contributed by atoms with Gasteiger partial charge in [-0.1, -0.05) is 146 Å². The van der Waals surface area contributed by atoms with E-state index in [4.69, 9.17) is 9.97 Å². The number of hydrogen-bond donors (Lipinski definition) is 0. The van der Waals surface area contributed by atoms with E-state index in [1.807, 2.05) is 12.1 Å². The van der Waals surface area contributed by atoms with Crippen molar-refractivity contribution >= 4 is 65.3 Å². The molecule has 0 unspecified atom stereocenters. The number of halogens is 1. The summed E-state index contributed by atoms with van der Waals surface area (Å²) in [4.78, 5) is 10.4. The highest BCUT2D eigenvalue weighted by Crippen LogP contribution is 2.42. The molecule has 0 aliphatic heterocycles. The molecule has 0 aliphatic carbocycles. The van der Waals surface area contributed by atoms with Gasteiger partial charge in [0.1, 0.15) is 5.82 Å². The van der Waals surface area contributed by atoms with Gasteiger partial charge >= 0.3 is 0 Å². The van der Waals surface area contributed by atoms with Crippen molar-refractivity contribution in [3.05, 3.63) is 255 Å². The first-order valence-electron chi connectivity index (χ1n) is 24.0. The predicted octanol–water partition coefficient (Wildman–Crippen LogP) is 17.5. The van der Waals surface area contributed by atoms with Crippen LogP contribution >= 0.6 is 0 Å². The van der Waals surface area contributed by atoms with E-state index >= 15 is 0 Å². The third kappa shape index (κ3) is 6.81. The fraction of sp³-hybridized carbons (Fsp3) is 0. The second-order valence-corrected chi connectivity index (χ2v) is 18.3. The lowest BCUT2D eigenvalue weighted by molar-refractivity contribution is 0.628. The van der Waals surface area contributed by atoms with Crippen molar-refractivity contribution in [2.24, 2.45) is 0 Å². The minimum Gasteiger partial charge on any atom is -0.309 e. The number of rotatable bonds is 7. The maximum atomic E-state index is 14.2. The molecule has 14 aromatic rings. The Hall–Kier alpha value is -9.45. The maximum absolute atomic E-state index is 14.2. The Labute approximate surface area is 408 Å². The maximum Gasteiger partial charge on any atom is 0.160 e. The van der Waals surface area contributed by atoms with E-state index in [-0.39, 0.29) is 5.82 Å². The number of benzene rings is 11. The highest BCUT2D eigenvalue weighted by Gasteiger charge is 2.20. The Bertz CT molecular complexity index is 4380. The van der Waals surface area contributed by atoms with Crippen LogP contribution in [-0.4, -0.2) is 19.1 Å². The van der Waals surface area contributed by atoms with Gasteiger partial charge in [-0.3, -0.25) is 0 Å². The number of para-hydroxylation sites is 1. The lowest BCUT2D eigenvalue weighted by Crippen LogP contribution is -1.98. The van der Waals surface area contributed by atoms with Crippen LogP contribution in [0.15, 0.2) is 249 Å². The summed E-state index contributed by atoms with van der Waals surface area (Å²) in [5.74, 6) is 0.250. The van der Waals surface area contributed by atoms with Crippen LogP contribution in [0.2, 0.25) is 0 Å². The van der Waals surface area contributed by atoms with Crippen LogP contribution in [0.3, 0.4) is 0 Å². The molecule has 0 N–H and O–H groups in total. The van der Waals surface area contributed by atoms with Crippen LogP contribution in [-0.2, 0) is 0 Å². The van der Waals surface area contributed by atoms with Crippen molar-refractivity contribution in [2.75, 3.05) is 0 Å². The summed E-state index contributed by atoms with van der Waals surface area (Å²) in [6.45, 7) is 0. The van der Waals surface area contributed by atoms with Crippen molar-refractivity contribution in [1.82, 2.24) is 19.1 Å². The number of hydrogen-bond acceptors (Lipinski definition) is 2. The Kier molecular flexibility index (Phi) is 9.36. The van der Waals surface area contributed by atoms with E-state index in [9.17, 15) is 4.39 Å². The molecule has 4 nitrogen and oxygen atoms in total. The summed E-state index contributed by atoms with van der Waals surface area (Å²) in [7, 11) is 0. The molecule has 332 valence electrons. The van der Waals surface area contributed by atoms with Crippen LogP contribution in [0, 0.1) is 5.82 Å². The minimum absolute atomic E-state index is 0.298. The zero-order chi connectivity index (χ0) is 47.0. The van der Waals surface area contributed by atoms with E-state index in [1.54, 1.807) is 12.1 Å².